The third kappa shape index (κ3) is 4.60. The van der Waals surface area contributed by atoms with Crippen molar-refractivity contribution in [3.05, 3.63) is 16.8 Å². The zero-order valence-corrected chi connectivity index (χ0v) is 13.3. The van der Waals surface area contributed by atoms with Crippen LogP contribution in [0, 0.1) is 0 Å². The van der Waals surface area contributed by atoms with Gasteiger partial charge in [0, 0.05) is 6.04 Å². The molecule has 9 heteroatoms. The molecule has 1 aromatic rings. The van der Waals surface area contributed by atoms with E-state index in [1.165, 1.54) is 18.5 Å². The zero-order chi connectivity index (χ0) is 17.3. The maximum atomic E-state index is 12.5. The van der Waals surface area contributed by atoms with Gasteiger partial charge in [-0.2, -0.15) is 18.3 Å². The fraction of sp³-hybridized carbons (Fsp3) is 0.769. The topological polar surface area (TPSA) is 60.1 Å². The second-order valence-electron chi connectivity index (χ2n) is 6.35. The van der Waals surface area contributed by atoms with Gasteiger partial charge in [0.15, 0.2) is 0 Å². The highest BCUT2D eigenvalue weighted by molar-refractivity contribution is 5.76. The van der Waals surface area contributed by atoms with Crippen molar-refractivity contribution in [1.82, 2.24) is 19.2 Å². The van der Waals surface area contributed by atoms with E-state index in [2.05, 4.69) is 5.10 Å². The molecular weight excluding hydrogens is 301 g/mol. The van der Waals surface area contributed by atoms with Crippen LogP contribution in [0.25, 0.3) is 0 Å². The maximum Gasteiger partial charge on any atom is 0.406 e. The van der Waals surface area contributed by atoms with Crippen LogP contribution >= 0.6 is 0 Å². The number of rotatable bonds is 4. The second kappa shape index (κ2) is 6.13. The third-order valence-electron chi connectivity index (χ3n) is 2.97. The molecule has 0 aliphatic heterocycles. The first-order chi connectivity index (χ1) is 9.83. The van der Waals surface area contributed by atoms with Crippen LogP contribution in [-0.4, -0.2) is 43.9 Å². The Morgan fingerprint density at radius 1 is 1.32 bits per heavy atom. The first-order valence-corrected chi connectivity index (χ1v) is 6.84. The summed E-state index contributed by atoms with van der Waals surface area (Å²) in [7, 11) is 0. The predicted octanol–water partition coefficient (Wildman–Crippen LogP) is 1.60. The molecule has 0 aromatic carbocycles. The van der Waals surface area contributed by atoms with Crippen molar-refractivity contribution in [2.75, 3.05) is 6.54 Å². The quantitative estimate of drug-likeness (QED) is 0.846. The summed E-state index contributed by atoms with van der Waals surface area (Å²) < 4.78 is 39.8. The highest BCUT2D eigenvalue weighted by Gasteiger charge is 2.34. The standard InChI is InChI=1S/C13H21F3N4O2/c1-9(2)19(7-13(14,15)16)10(21)6-18-8-17-20(11(18)22)12(3,4)5/h8-9H,6-7H2,1-5H3. The van der Waals surface area contributed by atoms with Crippen LogP contribution < -0.4 is 5.69 Å². The van der Waals surface area contributed by atoms with Gasteiger partial charge in [0.1, 0.15) is 19.4 Å². The van der Waals surface area contributed by atoms with Crippen molar-refractivity contribution in [2.45, 2.75) is 58.9 Å². The molecule has 22 heavy (non-hydrogen) atoms. The van der Waals surface area contributed by atoms with Crippen molar-refractivity contribution < 1.29 is 18.0 Å². The number of carbonyl (C=O) groups is 1. The first-order valence-electron chi connectivity index (χ1n) is 6.84. The van der Waals surface area contributed by atoms with Gasteiger partial charge in [-0.25, -0.2) is 9.48 Å². The zero-order valence-electron chi connectivity index (χ0n) is 13.3. The fourth-order valence-corrected chi connectivity index (χ4v) is 1.89. The Labute approximate surface area is 126 Å². The minimum Gasteiger partial charge on any atom is -0.330 e. The Bertz CT molecular complexity index is 581. The molecule has 0 aliphatic rings. The van der Waals surface area contributed by atoms with Crippen molar-refractivity contribution in [1.29, 1.82) is 0 Å². The van der Waals surface area contributed by atoms with E-state index >= 15 is 0 Å². The number of hydrogen-bond acceptors (Lipinski definition) is 3. The number of halogens is 3. The van der Waals surface area contributed by atoms with Gasteiger partial charge >= 0.3 is 11.9 Å². The first kappa shape index (κ1) is 18.2. The summed E-state index contributed by atoms with van der Waals surface area (Å²) in [4.78, 5) is 24.9. The average molecular weight is 322 g/mol. The van der Waals surface area contributed by atoms with Gasteiger partial charge in [-0.05, 0) is 34.6 Å². The number of carbonyl (C=O) groups excluding carboxylic acids is 1. The van der Waals surface area contributed by atoms with Crippen LogP contribution in [0.4, 0.5) is 13.2 Å². The van der Waals surface area contributed by atoms with Crippen molar-refractivity contribution in [3.63, 3.8) is 0 Å². The molecule has 1 heterocycles. The largest absolute Gasteiger partial charge is 0.406 e. The molecule has 1 aromatic heterocycles. The highest BCUT2D eigenvalue weighted by atomic mass is 19.4. The number of hydrogen-bond donors (Lipinski definition) is 0. The number of amides is 1. The Morgan fingerprint density at radius 3 is 2.23 bits per heavy atom. The molecule has 1 amide bonds. The molecule has 0 N–H and O–H groups in total. The van der Waals surface area contributed by atoms with Gasteiger partial charge in [0.2, 0.25) is 5.91 Å². The maximum absolute atomic E-state index is 12.5. The molecule has 1 rings (SSSR count). The number of aromatic nitrogens is 3. The van der Waals surface area contributed by atoms with Gasteiger partial charge in [-0.15, -0.1) is 0 Å². The summed E-state index contributed by atoms with van der Waals surface area (Å²) in [6, 6.07) is -0.623. The summed E-state index contributed by atoms with van der Waals surface area (Å²) in [5.74, 6) is -0.775. The Balaban J connectivity index is 2.96. The van der Waals surface area contributed by atoms with Crippen LogP contribution in [-0.2, 0) is 16.9 Å². The van der Waals surface area contributed by atoms with Crippen molar-refractivity contribution in [2.24, 2.45) is 0 Å². The molecule has 0 spiro atoms. The molecule has 6 nitrogen and oxygen atoms in total. The molecule has 0 fully saturated rings. The Morgan fingerprint density at radius 2 is 1.86 bits per heavy atom. The molecule has 0 saturated carbocycles. The van der Waals surface area contributed by atoms with E-state index in [1.54, 1.807) is 20.8 Å². The van der Waals surface area contributed by atoms with Gasteiger partial charge in [-0.1, -0.05) is 0 Å². The molecule has 0 aliphatic carbocycles. The van der Waals surface area contributed by atoms with Gasteiger partial charge in [-0.3, -0.25) is 9.36 Å². The summed E-state index contributed by atoms with van der Waals surface area (Å²) in [6.45, 7) is 6.46. The van der Waals surface area contributed by atoms with Gasteiger partial charge in [0.05, 0.1) is 5.54 Å². The van der Waals surface area contributed by atoms with Crippen molar-refractivity contribution >= 4 is 5.91 Å². The molecule has 0 unspecified atom stereocenters. The molecule has 0 atom stereocenters. The smallest absolute Gasteiger partial charge is 0.330 e. The van der Waals surface area contributed by atoms with Crippen LogP contribution in [0.3, 0.4) is 0 Å². The van der Waals surface area contributed by atoms with E-state index in [1.807, 2.05) is 0 Å². The summed E-state index contributed by atoms with van der Waals surface area (Å²) >= 11 is 0. The summed E-state index contributed by atoms with van der Waals surface area (Å²) in [5.41, 5.74) is -1.11. The molecular formula is C13H21F3N4O2. The van der Waals surface area contributed by atoms with Crippen LogP contribution in [0.2, 0.25) is 0 Å². The molecule has 126 valence electrons. The van der Waals surface area contributed by atoms with E-state index in [0.29, 0.717) is 4.90 Å². The average Bonchev–Trinajstić information content (AvgIpc) is 2.66. The molecule has 0 radical (unpaired) electrons. The fourth-order valence-electron chi connectivity index (χ4n) is 1.89. The normalized spacial score (nSPS) is 12.8. The lowest BCUT2D eigenvalue weighted by Crippen LogP contribution is -2.46. The van der Waals surface area contributed by atoms with E-state index in [0.717, 1.165) is 10.9 Å². The molecule has 0 saturated heterocycles. The van der Waals surface area contributed by atoms with E-state index in [4.69, 9.17) is 0 Å². The minimum atomic E-state index is -4.49. The van der Waals surface area contributed by atoms with E-state index in [-0.39, 0.29) is 0 Å². The van der Waals surface area contributed by atoms with Crippen LogP contribution in [0.1, 0.15) is 34.6 Å². The van der Waals surface area contributed by atoms with E-state index in [9.17, 15) is 22.8 Å². The second-order valence-corrected chi connectivity index (χ2v) is 6.35. The molecule has 0 bridgehead atoms. The lowest BCUT2D eigenvalue weighted by molar-refractivity contribution is -0.165. The number of alkyl halides is 3. The Kier molecular flexibility index (Phi) is 5.09. The third-order valence-corrected chi connectivity index (χ3v) is 2.97. The predicted molar refractivity (Wildman–Crippen MR) is 74.4 cm³/mol. The van der Waals surface area contributed by atoms with Gasteiger partial charge in [0.25, 0.3) is 0 Å². The lowest BCUT2D eigenvalue weighted by Gasteiger charge is -2.27. The highest BCUT2D eigenvalue weighted by Crippen LogP contribution is 2.18. The van der Waals surface area contributed by atoms with Crippen molar-refractivity contribution in [3.8, 4) is 0 Å². The SMILES string of the molecule is CC(C)N(CC(F)(F)F)C(=O)Cn1cnn(C(C)(C)C)c1=O. The van der Waals surface area contributed by atoms with E-state index < -0.39 is 42.4 Å². The lowest BCUT2D eigenvalue weighted by atomic mass is 10.1. The monoisotopic (exact) mass is 322 g/mol. The van der Waals surface area contributed by atoms with Gasteiger partial charge < -0.3 is 4.90 Å². The summed E-state index contributed by atoms with van der Waals surface area (Å²) in [6.07, 6.45) is -3.32. The summed E-state index contributed by atoms with van der Waals surface area (Å²) in [5, 5.41) is 3.89. The van der Waals surface area contributed by atoms with Crippen LogP contribution in [0.15, 0.2) is 11.1 Å². The van der Waals surface area contributed by atoms with Crippen LogP contribution in [0.5, 0.6) is 0 Å². The Hall–Kier alpha value is -1.80. The minimum absolute atomic E-state index is 0.469. The number of nitrogens with zero attached hydrogens (tertiary/aromatic N) is 4.